The molecule has 1 aromatic heterocycles. The summed E-state index contributed by atoms with van der Waals surface area (Å²) in [5.41, 5.74) is 0. The van der Waals surface area contributed by atoms with Crippen molar-refractivity contribution in [2.75, 3.05) is 0 Å². The highest BCUT2D eigenvalue weighted by molar-refractivity contribution is 7.10. The standard InChI is InChI=1S/C15H20N2O3S/c18-13(8-9-6-10-3-4-11(7-9)16-10)17-14(15(19)20)12-2-1-5-21-12/h1-2,5,9-11,14,16H,3-4,6-8H2,(H,17,18)(H,19,20). The van der Waals surface area contributed by atoms with Crippen molar-refractivity contribution in [1.29, 1.82) is 0 Å². The Kier molecular flexibility index (Phi) is 4.26. The maximum absolute atomic E-state index is 12.2. The van der Waals surface area contributed by atoms with Gasteiger partial charge >= 0.3 is 5.97 Å². The number of carbonyl (C=O) groups excluding carboxylic acids is 1. The zero-order chi connectivity index (χ0) is 14.8. The normalized spacial score (nSPS) is 29.0. The zero-order valence-corrected chi connectivity index (χ0v) is 12.6. The van der Waals surface area contributed by atoms with Crippen LogP contribution in [0.3, 0.4) is 0 Å². The van der Waals surface area contributed by atoms with E-state index in [2.05, 4.69) is 10.6 Å². The Hall–Kier alpha value is -1.40. The van der Waals surface area contributed by atoms with Crippen LogP contribution < -0.4 is 10.6 Å². The van der Waals surface area contributed by atoms with Gasteiger partial charge in [-0.2, -0.15) is 0 Å². The van der Waals surface area contributed by atoms with E-state index in [0.29, 0.717) is 29.3 Å². The molecule has 5 nitrogen and oxygen atoms in total. The smallest absolute Gasteiger partial charge is 0.331 e. The first kappa shape index (κ1) is 14.5. The Morgan fingerprint density at radius 2 is 2.10 bits per heavy atom. The van der Waals surface area contributed by atoms with Crippen molar-refractivity contribution < 1.29 is 14.7 Å². The number of amides is 1. The van der Waals surface area contributed by atoms with E-state index in [-0.39, 0.29) is 5.91 Å². The summed E-state index contributed by atoms with van der Waals surface area (Å²) >= 11 is 1.35. The second kappa shape index (κ2) is 6.15. The Morgan fingerprint density at radius 3 is 2.67 bits per heavy atom. The minimum absolute atomic E-state index is 0.151. The van der Waals surface area contributed by atoms with Gasteiger partial charge in [0.05, 0.1) is 0 Å². The molecule has 114 valence electrons. The number of hydrogen-bond donors (Lipinski definition) is 3. The van der Waals surface area contributed by atoms with Crippen LogP contribution in [0, 0.1) is 5.92 Å². The maximum Gasteiger partial charge on any atom is 0.331 e. The van der Waals surface area contributed by atoms with Crippen LogP contribution in [0.4, 0.5) is 0 Å². The van der Waals surface area contributed by atoms with E-state index in [0.717, 1.165) is 12.8 Å². The Morgan fingerprint density at radius 1 is 1.38 bits per heavy atom. The van der Waals surface area contributed by atoms with Gasteiger partial charge in [0.1, 0.15) is 0 Å². The molecule has 2 fully saturated rings. The van der Waals surface area contributed by atoms with Crippen LogP contribution in [0.1, 0.15) is 43.0 Å². The molecule has 3 rings (SSSR count). The van der Waals surface area contributed by atoms with Crippen LogP contribution in [0.2, 0.25) is 0 Å². The molecule has 21 heavy (non-hydrogen) atoms. The number of carboxylic acids is 1. The highest BCUT2D eigenvalue weighted by atomic mass is 32.1. The van der Waals surface area contributed by atoms with E-state index in [1.54, 1.807) is 12.1 Å². The van der Waals surface area contributed by atoms with E-state index in [1.807, 2.05) is 5.38 Å². The lowest BCUT2D eigenvalue weighted by Gasteiger charge is -2.28. The van der Waals surface area contributed by atoms with E-state index in [1.165, 1.54) is 24.2 Å². The second-order valence-corrected chi connectivity index (χ2v) is 7.01. The molecule has 3 N–H and O–H groups in total. The van der Waals surface area contributed by atoms with Crippen LogP contribution >= 0.6 is 11.3 Å². The lowest BCUT2D eigenvalue weighted by atomic mass is 9.89. The largest absolute Gasteiger partial charge is 0.479 e. The van der Waals surface area contributed by atoms with Gasteiger partial charge in [-0.3, -0.25) is 4.79 Å². The fourth-order valence-electron chi connectivity index (χ4n) is 3.53. The number of thiophene rings is 1. The maximum atomic E-state index is 12.2. The average Bonchev–Trinajstić information content (AvgIpc) is 3.06. The van der Waals surface area contributed by atoms with Crippen LogP contribution in [0.5, 0.6) is 0 Å². The summed E-state index contributed by atoms with van der Waals surface area (Å²) in [5.74, 6) is -0.778. The van der Waals surface area contributed by atoms with Gasteiger partial charge in [-0.1, -0.05) is 6.07 Å². The minimum Gasteiger partial charge on any atom is -0.479 e. The third-order valence-electron chi connectivity index (χ3n) is 4.42. The fourth-order valence-corrected chi connectivity index (χ4v) is 4.30. The molecule has 2 aliphatic rings. The lowest BCUT2D eigenvalue weighted by molar-refractivity contribution is -0.142. The lowest BCUT2D eigenvalue weighted by Crippen LogP contribution is -2.40. The molecule has 0 spiro atoms. The molecule has 6 heteroatoms. The molecule has 2 bridgehead atoms. The number of fused-ring (bicyclic) bond motifs is 2. The summed E-state index contributed by atoms with van der Waals surface area (Å²) in [6.45, 7) is 0. The molecule has 1 amide bonds. The van der Waals surface area contributed by atoms with E-state index in [9.17, 15) is 14.7 Å². The number of carbonyl (C=O) groups is 2. The highest BCUT2D eigenvalue weighted by Gasteiger charge is 2.34. The van der Waals surface area contributed by atoms with Gasteiger partial charge in [-0.15, -0.1) is 11.3 Å². The van der Waals surface area contributed by atoms with Gasteiger partial charge in [0.15, 0.2) is 6.04 Å². The summed E-state index contributed by atoms with van der Waals surface area (Å²) < 4.78 is 0. The monoisotopic (exact) mass is 308 g/mol. The number of aliphatic carboxylic acids is 1. The van der Waals surface area contributed by atoms with Gasteiger partial charge < -0.3 is 15.7 Å². The molecule has 0 saturated carbocycles. The quantitative estimate of drug-likeness (QED) is 0.776. The number of rotatable bonds is 5. The first-order chi connectivity index (χ1) is 10.1. The van der Waals surface area contributed by atoms with Crippen molar-refractivity contribution in [1.82, 2.24) is 10.6 Å². The van der Waals surface area contributed by atoms with Gasteiger partial charge in [0.25, 0.3) is 0 Å². The fraction of sp³-hybridized carbons (Fsp3) is 0.600. The van der Waals surface area contributed by atoms with Gasteiger partial charge in [0, 0.05) is 23.4 Å². The summed E-state index contributed by atoms with van der Waals surface area (Å²) in [6.07, 6.45) is 4.90. The third kappa shape index (κ3) is 3.44. The van der Waals surface area contributed by atoms with Crippen molar-refractivity contribution in [2.24, 2.45) is 5.92 Å². The van der Waals surface area contributed by atoms with E-state index < -0.39 is 12.0 Å². The summed E-state index contributed by atoms with van der Waals surface area (Å²) in [7, 11) is 0. The first-order valence-corrected chi connectivity index (χ1v) is 8.31. The van der Waals surface area contributed by atoms with Crippen molar-refractivity contribution >= 4 is 23.2 Å². The van der Waals surface area contributed by atoms with Crippen molar-refractivity contribution in [3.05, 3.63) is 22.4 Å². The Balaban J connectivity index is 1.56. The Bertz CT molecular complexity index is 505. The molecule has 3 atom stereocenters. The predicted octanol–water partition coefficient (Wildman–Crippen LogP) is 1.91. The molecular formula is C15H20N2O3S. The first-order valence-electron chi connectivity index (χ1n) is 7.43. The molecule has 3 unspecified atom stereocenters. The van der Waals surface area contributed by atoms with Gasteiger partial charge in [-0.05, 0) is 43.0 Å². The third-order valence-corrected chi connectivity index (χ3v) is 5.36. The van der Waals surface area contributed by atoms with Crippen LogP contribution in [-0.2, 0) is 9.59 Å². The molecule has 2 saturated heterocycles. The van der Waals surface area contributed by atoms with E-state index >= 15 is 0 Å². The number of hydrogen-bond acceptors (Lipinski definition) is 4. The van der Waals surface area contributed by atoms with Gasteiger partial charge in [-0.25, -0.2) is 4.79 Å². The molecule has 2 aliphatic heterocycles. The Labute approximate surface area is 127 Å². The molecule has 0 radical (unpaired) electrons. The second-order valence-electron chi connectivity index (χ2n) is 6.03. The van der Waals surface area contributed by atoms with Crippen molar-refractivity contribution in [2.45, 2.75) is 50.2 Å². The highest BCUT2D eigenvalue weighted by Crippen LogP contribution is 2.32. The molecule has 0 aliphatic carbocycles. The van der Waals surface area contributed by atoms with Crippen molar-refractivity contribution in [3.8, 4) is 0 Å². The zero-order valence-electron chi connectivity index (χ0n) is 11.7. The number of nitrogens with one attached hydrogen (secondary N) is 2. The molecule has 3 heterocycles. The summed E-state index contributed by atoms with van der Waals surface area (Å²) in [5, 5.41) is 17.3. The van der Waals surface area contributed by atoms with Crippen molar-refractivity contribution in [3.63, 3.8) is 0 Å². The average molecular weight is 308 g/mol. The number of piperidine rings is 1. The van der Waals surface area contributed by atoms with Crippen LogP contribution in [0.25, 0.3) is 0 Å². The number of carboxylic acid groups (broad SMARTS) is 1. The SMILES string of the molecule is O=C(CC1CC2CCC(C1)N2)NC(C(=O)O)c1cccs1. The molecule has 0 aromatic carbocycles. The van der Waals surface area contributed by atoms with E-state index in [4.69, 9.17) is 0 Å². The summed E-state index contributed by atoms with van der Waals surface area (Å²) in [6, 6.07) is 3.72. The van der Waals surface area contributed by atoms with Crippen LogP contribution in [-0.4, -0.2) is 29.1 Å². The minimum atomic E-state index is -1.00. The summed E-state index contributed by atoms with van der Waals surface area (Å²) in [4.78, 5) is 24.2. The van der Waals surface area contributed by atoms with Crippen LogP contribution in [0.15, 0.2) is 17.5 Å². The topological polar surface area (TPSA) is 78.4 Å². The van der Waals surface area contributed by atoms with Gasteiger partial charge in [0.2, 0.25) is 5.91 Å². The molecular weight excluding hydrogens is 288 g/mol. The predicted molar refractivity (Wildman–Crippen MR) is 80.1 cm³/mol. The molecule has 1 aromatic rings.